The molecule has 2 aromatic carbocycles. The summed E-state index contributed by atoms with van der Waals surface area (Å²) in [6.07, 6.45) is 1.62. The summed E-state index contributed by atoms with van der Waals surface area (Å²) in [4.78, 5) is 15.9. The summed E-state index contributed by atoms with van der Waals surface area (Å²) in [5.41, 5.74) is 3.96. The van der Waals surface area contributed by atoms with Crippen molar-refractivity contribution in [3.05, 3.63) is 65.2 Å². The van der Waals surface area contributed by atoms with Gasteiger partial charge in [0, 0.05) is 42.7 Å². The minimum absolute atomic E-state index is 0.174. The molecule has 0 bridgehead atoms. The molecule has 1 aliphatic rings. The maximum absolute atomic E-state index is 12.2. The first kappa shape index (κ1) is 19.0. The molecule has 138 valence electrons. The molecule has 3 rings (SSSR count). The van der Waals surface area contributed by atoms with Crippen LogP contribution in [-0.2, 0) is 11.3 Å². The molecule has 0 aromatic heterocycles. The number of carbonyl (C=O) groups is 1. The average Bonchev–Trinajstić information content (AvgIpc) is 3.05. The van der Waals surface area contributed by atoms with E-state index in [9.17, 15) is 4.79 Å². The lowest BCUT2D eigenvalue weighted by Gasteiger charge is -2.16. The van der Waals surface area contributed by atoms with E-state index in [4.69, 9.17) is 0 Å². The van der Waals surface area contributed by atoms with Gasteiger partial charge in [-0.3, -0.25) is 9.69 Å². The number of likely N-dealkylation sites (tertiary alicyclic amines) is 1. The van der Waals surface area contributed by atoms with Gasteiger partial charge in [-0.25, -0.2) is 0 Å². The van der Waals surface area contributed by atoms with Gasteiger partial charge in [-0.1, -0.05) is 36.4 Å². The topological polar surface area (TPSA) is 32.3 Å². The minimum atomic E-state index is 0.174. The van der Waals surface area contributed by atoms with Gasteiger partial charge in [0.1, 0.15) is 0 Å². The molecule has 1 heterocycles. The lowest BCUT2D eigenvalue weighted by molar-refractivity contribution is -0.121. The van der Waals surface area contributed by atoms with Gasteiger partial charge in [-0.2, -0.15) is 0 Å². The van der Waals surface area contributed by atoms with E-state index >= 15 is 0 Å². The molecule has 1 unspecified atom stereocenters. The summed E-state index contributed by atoms with van der Waals surface area (Å²) in [7, 11) is 0. The third kappa shape index (κ3) is 5.61. The second kappa shape index (κ2) is 9.24. The molecular formula is C22H28N2OS. The van der Waals surface area contributed by atoms with Crippen LogP contribution in [-0.4, -0.2) is 35.7 Å². The Hall–Kier alpha value is -1.78. The first-order valence-electron chi connectivity index (χ1n) is 9.36. The third-order valence-corrected chi connectivity index (χ3v) is 5.96. The number of nitrogens with zero attached hydrogens (tertiary/aromatic N) is 1. The van der Waals surface area contributed by atoms with Gasteiger partial charge in [0.05, 0.1) is 0 Å². The van der Waals surface area contributed by atoms with Crippen LogP contribution in [0.3, 0.4) is 0 Å². The van der Waals surface area contributed by atoms with Crippen LogP contribution >= 0.6 is 11.8 Å². The maximum atomic E-state index is 12.2. The number of aryl methyl sites for hydroxylation is 2. The van der Waals surface area contributed by atoms with Crippen LogP contribution in [0.25, 0.3) is 0 Å². The van der Waals surface area contributed by atoms with Crippen molar-refractivity contribution in [2.45, 2.75) is 44.2 Å². The van der Waals surface area contributed by atoms with Crippen molar-refractivity contribution in [3.63, 3.8) is 0 Å². The van der Waals surface area contributed by atoms with Gasteiger partial charge in [0.25, 0.3) is 0 Å². The molecule has 1 N–H and O–H groups in total. The molecule has 1 saturated heterocycles. The third-order valence-electron chi connectivity index (χ3n) is 4.96. The van der Waals surface area contributed by atoms with Crippen molar-refractivity contribution in [1.29, 1.82) is 0 Å². The predicted molar refractivity (Wildman–Crippen MR) is 110 cm³/mol. The lowest BCUT2D eigenvalue weighted by Crippen LogP contribution is -2.37. The zero-order valence-electron chi connectivity index (χ0n) is 15.7. The average molecular weight is 369 g/mol. The second-order valence-electron chi connectivity index (χ2n) is 7.12. The van der Waals surface area contributed by atoms with Gasteiger partial charge in [0.2, 0.25) is 5.91 Å². The highest BCUT2D eigenvalue weighted by atomic mass is 32.2. The highest BCUT2D eigenvalue weighted by Gasteiger charge is 2.23. The summed E-state index contributed by atoms with van der Waals surface area (Å²) in [5, 5.41) is 3.21. The highest BCUT2D eigenvalue weighted by Crippen LogP contribution is 2.22. The van der Waals surface area contributed by atoms with Crippen LogP contribution in [0.1, 0.15) is 29.5 Å². The van der Waals surface area contributed by atoms with E-state index in [1.165, 1.54) is 21.6 Å². The van der Waals surface area contributed by atoms with Gasteiger partial charge in [-0.15, -0.1) is 11.8 Å². The van der Waals surface area contributed by atoms with Crippen molar-refractivity contribution >= 4 is 17.7 Å². The molecule has 4 heteroatoms. The predicted octanol–water partition coefficient (Wildman–Crippen LogP) is 4.18. The van der Waals surface area contributed by atoms with Crippen molar-refractivity contribution in [2.75, 3.05) is 18.8 Å². The standard InChI is InChI=1S/C22H28N2OS/c1-17-8-9-21(14-18(17)2)26-13-11-22(25)23-20-10-12-24(16-20)15-19-6-4-3-5-7-19/h3-9,14,20H,10-13,15-16H2,1-2H3,(H,23,25). The van der Waals surface area contributed by atoms with Crippen LogP contribution in [0.2, 0.25) is 0 Å². The van der Waals surface area contributed by atoms with E-state index in [2.05, 4.69) is 66.5 Å². The monoisotopic (exact) mass is 368 g/mol. The number of thioether (sulfide) groups is 1. The second-order valence-corrected chi connectivity index (χ2v) is 8.29. The first-order chi connectivity index (χ1) is 12.6. The normalized spacial score (nSPS) is 17.4. The summed E-state index contributed by atoms with van der Waals surface area (Å²) in [6, 6.07) is 17.3. The van der Waals surface area contributed by atoms with E-state index in [1.54, 1.807) is 11.8 Å². The molecule has 0 aliphatic carbocycles. The quantitative estimate of drug-likeness (QED) is 0.744. The number of nitrogens with one attached hydrogen (secondary N) is 1. The van der Waals surface area contributed by atoms with Crippen LogP contribution in [0, 0.1) is 13.8 Å². The molecule has 1 amide bonds. The Morgan fingerprint density at radius 2 is 1.96 bits per heavy atom. The zero-order chi connectivity index (χ0) is 18.4. The van der Waals surface area contributed by atoms with E-state index < -0.39 is 0 Å². The number of hydrogen-bond acceptors (Lipinski definition) is 3. The first-order valence-corrected chi connectivity index (χ1v) is 10.3. The lowest BCUT2D eigenvalue weighted by atomic mass is 10.1. The fourth-order valence-corrected chi connectivity index (χ4v) is 4.25. The fourth-order valence-electron chi connectivity index (χ4n) is 3.30. The summed E-state index contributed by atoms with van der Waals surface area (Å²) < 4.78 is 0. The van der Waals surface area contributed by atoms with Gasteiger partial charge in [0.15, 0.2) is 0 Å². The largest absolute Gasteiger partial charge is 0.352 e. The maximum Gasteiger partial charge on any atom is 0.221 e. The van der Waals surface area contributed by atoms with E-state index in [1.807, 2.05) is 6.07 Å². The van der Waals surface area contributed by atoms with Crippen molar-refractivity contribution in [1.82, 2.24) is 10.2 Å². The molecular weight excluding hydrogens is 340 g/mol. The van der Waals surface area contributed by atoms with E-state index in [0.717, 1.165) is 31.8 Å². The van der Waals surface area contributed by atoms with Crippen molar-refractivity contribution in [3.8, 4) is 0 Å². The Bertz CT molecular complexity index is 732. The zero-order valence-corrected chi connectivity index (χ0v) is 16.5. The van der Waals surface area contributed by atoms with E-state index in [0.29, 0.717) is 6.42 Å². The minimum Gasteiger partial charge on any atom is -0.352 e. The Morgan fingerprint density at radius 1 is 1.15 bits per heavy atom. The molecule has 3 nitrogen and oxygen atoms in total. The van der Waals surface area contributed by atoms with Crippen LogP contribution in [0.5, 0.6) is 0 Å². The van der Waals surface area contributed by atoms with Crippen LogP contribution < -0.4 is 5.32 Å². The van der Waals surface area contributed by atoms with E-state index in [-0.39, 0.29) is 11.9 Å². The molecule has 1 aliphatic heterocycles. The number of amides is 1. The molecule has 0 radical (unpaired) electrons. The number of hydrogen-bond donors (Lipinski definition) is 1. The summed E-state index contributed by atoms with van der Waals surface area (Å²) in [5.74, 6) is 1.00. The van der Waals surface area contributed by atoms with Crippen molar-refractivity contribution < 1.29 is 4.79 Å². The van der Waals surface area contributed by atoms with Gasteiger partial charge in [-0.05, 0) is 49.1 Å². The molecule has 26 heavy (non-hydrogen) atoms. The summed E-state index contributed by atoms with van der Waals surface area (Å²) in [6.45, 7) is 7.23. The number of rotatable bonds is 7. The molecule has 1 atom stereocenters. The molecule has 0 spiro atoms. The van der Waals surface area contributed by atoms with Gasteiger partial charge < -0.3 is 5.32 Å². The van der Waals surface area contributed by atoms with Gasteiger partial charge >= 0.3 is 0 Å². The van der Waals surface area contributed by atoms with Crippen LogP contribution in [0.15, 0.2) is 53.4 Å². The Morgan fingerprint density at radius 3 is 2.73 bits per heavy atom. The Kier molecular flexibility index (Phi) is 6.75. The number of carbonyl (C=O) groups excluding carboxylic acids is 1. The smallest absolute Gasteiger partial charge is 0.221 e. The van der Waals surface area contributed by atoms with Crippen molar-refractivity contribution in [2.24, 2.45) is 0 Å². The molecule has 2 aromatic rings. The SMILES string of the molecule is Cc1ccc(SCCC(=O)NC2CCN(Cc3ccccc3)C2)cc1C. The molecule has 1 fully saturated rings. The Balaban J connectivity index is 1.36. The fraction of sp³-hybridized carbons (Fsp3) is 0.409. The molecule has 0 saturated carbocycles. The summed E-state index contributed by atoms with van der Waals surface area (Å²) >= 11 is 1.76. The highest BCUT2D eigenvalue weighted by molar-refractivity contribution is 7.99. The Labute approximate surface area is 161 Å². The number of benzene rings is 2. The van der Waals surface area contributed by atoms with Crippen LogP contribution in [0.4, 0.5) is 0 Å².